The summed E-state index contributed by atoms with van der Waals surface area (Å²) in [5.41, 5.74) is 3.51. The van der Waals surface area contributed by atoms with Crippen LogP contribution >= 0.6 is 0 Å². The maximum atomic E-state index is 13.0. The molecule has 0 amide bonds. The van der Waals surface area contributed by atoms with E-state index in [1.165, 1.54) is 24.2 Å². The number of fused-ring (bicyclic) bond motifs is 4. The third-order valence-corrected chi connectivity index (χ3v) is 7.70. The Balaban J connectivity index is 1.40. The number of H-pyrrole nitrogens is 1. The van der Waals surface area contributed by atoms with E-state index in [1.807, 2.05) is 36.4 Å². The molecule has 0 radical (unpaired) electrons. The highest BCUT2D eigenvalue weighted by molar-refractivity contribution is 5.86. The molecule has 3 heterocycles. The first-order valence-corrected chi connectivity index (χ1v) is 11.8. The van der Waals surface area contributed by atoms with Gasteiger partial charge >= 0.3 is 5.63 Å². The number of para-hydroxylation sites is 2. The predicted molar refractivity (Wildman–Crippen MR) is 128 cm³/mol. The normalized spacial score (nSPS) is 26.3. The molecule has 170 valence electrons. The average molecular weight is 445 g/mol. The summed E-state index contributed by atoms with van der Waals surface area (Å²) in [7, 11) is 0. The van der Waals surface area contributed by atoms with Crippen molar-refractivity contribution in [2.24, 2.45) is 10.8 Å². The van der Waals surface area contributed by atoms with Crippen molar-refractivity contribution in [3.8, 4) is 17.1 Å². The standard InChI is InChI=1S/C27H29N3O3/c1-26(2)11-17-12-27(3,14-26)15-30(17)13-19-22(31)9-8-16-10-18(25(32)33-23(16)19)24-28-20-6-4-5-7-21(20)29-24/h4-10,17,31H,11-15H2,1-3H3,(H,28,29)/p+1. The Hall–Kier alpha value is -3.12. The van der Waals surface area contributed by atoms with E-state index in [-0.39, 0.29) is 5.75 Å². The van der Waals surface area contributed by atoms with E-state index >= 15 is 0 Å². The molecular weight excluding hydrogens is 414 g/mol. The van der Waals surface area contributed by atoms with Gasteiger partial charge in [0.05, 0.1) is 29.2 Å². The number of aromatic nitrogens is 2. The minimum atomic E-state index is -0.448. The second-order valence-electron chi connectivity index (χ2n) is 11.3. The van der Waals surface area contributed by atoms with Crippen LogP contribution in [0.4, 0.5) is 0 Å². The number of hydrogen-bond donors (Lipinski definition) is 3. The van der Waals surface area contributed by atoms with Crippen LogP contribution in [0.25, 0.3) is 33.4 Å². The fraction of sp³-hybridized carbons (Fsp3) is 0.407. The smallest absolute Gasteiger partial charge is 0.347 e. The molecule has 33 heavy (non-hydrogen) atoms. The molecule has 1 aliphatic carbocycles. The van der Waals surface area contributed by atoms with Crippen LogP contribution in [-0.4, -0.2) is 27.7 Å². The number of hydrogen-bond acceptors (Lipinski definition) is 4. The highest BCUT2D eigenvalue weighted by Gasteiger charge is 2.52. The first-order valence-electron chi connectivity index (χ1n) is 11.8. The summed E-state index contributed by atoms with van der Waals surface area (Å²) in [4.78, 5) is 22.3. The van der Waals surface area contributed by atoms with Gasteiger partial charge in [-0.15, -0.1) is 0 Å². The van der Waals surface area contributed by atoms with Gasteiger partial charge in [-0.2, -0.15) is 0 Å². The molecule has 1 saturated heterocycles. The zero-order chi connectivity index (χ0) is 23.0. The van der Waals surface area contributed by atoms with Crippen molar-refractivity contribution >= 4 is 22.0 Å². The van der Waals surface area contributed by atoms with Crippen LogP contribution in [0.2, 0.25) is 0 Å². The number of likely N-dealkylation sites (tertiary alicyclic amines) is 1. The van der Waals surface area contributed by atoms with Gasteiger partial charge in [0.25, 0.3) is 0 Å². The van der Waals surface area contributed by atoms with Crippen molar-refractivity contribution in [2.45, 2.75) is 52.6 Å². The Morgan fingerprint density at radius 1 is 1.18 bits per heavy atom. The molecule has 2 bridgehead atoms. The molecule has 3 unspecified atom stereocenters. The first kappa shape index (κ1) is 20.5. The quantitative estimate of drug-likeness (QED) is 0.417. The zero-order valence-corrected chi connectivity index (χ0v) is 19.4. The fourth-order valence-electron chi connectivity index (χ4n) is 6.83. The molecule has 6 nitrogen and oxygen atoms in total. The number of phenols is 1. The Morgan fingerprint density at radius 2 is 2.00 bits per heavy atom. The number of phenolic OH excluding ortho intramolecular Hbond substituents is 1. The van der Waals surface area contributed by atoms with E-state index in [9.17, 15) is 9.90 Å². The Bertz CT molecular complexity index is 1420. The molecule has 2 aromatic heterocycles. The SMILES string of the molecule is CC1(C)CC2CC(C)(C[NH+]2Cc2c(O)ccc3cc(-c4nc5ccccc5[nH]4)c(=O)oc23)C1. The van der Waals surface area contributed by atoms with Crippen molar-refractivity contribution in [3.05, 3.63) is 58.4 Å². The third-order valence-electron chi connectivity index (χ3n) is 7.70. The Labute approximate surface area is 192 Å². The van der Waals surface area contributed by atoms with Crippen molar-refractivity contribution in [3.63, 3.8) is 0 Å². The third kappa shape index (κ3) is 3.44. The number of aromatic amines is 1. The number of rotatable bonds is 3. The van der Waals surface area contributed by atoms with Crippen molar-refractivity contribution in [1.82, 2.24) is 9.97 Å². The van der Waals surface area contributed by atoms with E-state index in [4.69, 9.17) is 4.42 Å². The highest BCUT2D eigenvalue weighted by Crippen LogP contribution is 2.47. The van der Waals surface area contributed by atoms with Crippen LogP contribution in [0.15, 0.2) is 51.7 Å². The second kappa shape index (κ2) is 6.94. The topological polar surface area (TPSA) is 83.6 Å². The molecule has 3 N–H and O–H groups in total. The number of nitrogens with one attached hydrogen (secondary N) is 2. The summed E-state index contributed by atoms with van der Waals surface area (Å²) >= 11 is 0. The van der Waals surface area contributed by atoms with Crippen LogP contribution < -0.4 is 10.5 Å². The number of aromatic hydroxyl groups is 1. The molecule has 0 spiro atoms. The predicted octanol–water partition coefficient (Wildman–Crippen LogP) is 4.03. The number of imidazole rings is 1. The number of benzene rings is 2. The van der Waals surface area contributed by atoms with E-state index in [0.29, 0.717) is 40.4 Å². The minimum Gasteiger partial charge on any atom is -0.507 e. The largest absolute Gasteiger partial charge is 0.507 e. The number of nitrogens with zero attached hydrogens (tertiary/aromatic N) is 1. The van der Waals surface area contributed by atoms with Gasteiger partial charge in [0, 0.05) is 23.6 Å². The molecule has 6 heteroatoms. The lowest BCUT2D eigenvalue weighted by atomic mass is 9.65. The first-order chi connectivity index (χ1) is 15.7. The molecule has 4 aromatic rings. The van der Waals surface area contributed by atoms with E-state index in [0.717, 1.165) is 28.5 Å². The van der Waals surface area contributed by atoms with Crippen molar-refractivity contribution in [1.29, 1.82) is 0 Å². The second-order valence-corrected chi connectivity index (χ2v) is 11.3. The van der Waals surface area contributed by atoms with Crippen LogP contribution in [0.3, 0.4) is 0 Å². The summed E-state index contributed by atoms with van der Waals surface area (Å²) < 4.78 is 5.85. The molecule has 6 rings (SSSR count). The summed E-state index contributed by atoms with van der Waals surface area (Å²) in [5, 5.41) is 11.6. The summed E-state index contributed by atoms with van der Waals surface area (Å²) in [6.07, 6.45) is 3.64. The molecule has 2 fully saturated rings. The van der Waals surface area contributed by atoms with Gasteiger partial charge in [-0.05, 0) is 42.2 Å². The lowest BCUT2D eigenvalue weighted by Crippen LogP contribution is -3.12. The van der Waals surface area contributed by atoms with Gasteiger partial charge in [0.2, 0.25) is 0 Å². The van der Waals surface area contributed by atoms with Gasteiger partial charge < -0.3 is 19.4 Å². The summed E-state index contributed by atoms with van der Waals surface area (Å²) in [6.45, 7) is 8.88. The molecule has 2 aromatic carbocycles. The lowest BCUT2D eigenvalue weighted by Gasteiger charge is -2.37. The van der Waals surface area contributed by atoms with Crippen LogP contribution in [0.1, 0.15) is 45.6 Å². The van der Waals surface area contributed by atoms with Gasteiger partial charge in [0.15, 0.2) is 5.58 Å². The minimum absolute atomic E-state index is 0.195. The maximum Gasteiger partial charge on any atom is 0.347 e. The summed E-state index contributed by atoms with van der Waals surface area (Å²) in [5.74, 6) is 0.691. The van der Waals surface area contributed by atoms with E-state index in [2.05, 4.69) is 30.7 Å². The van der Waals surface area contributed by atoms with Gasteiger partial charge in [-0.1, -0.05) is 32.9 Å². The average Bonchev–Trinajstić information content (AvgIpc) is 3.27. The molecule has 2 aliphatic rings. The zero-order valence-electron chi connectivity index (χ0n) is 19.4. The van der Waals surface area contributed by atoms with Gasteiger partial charge in [0.1, 0.15) is 23.7 Å². The Morgan fingerprint density at radius 3 is 2.82 bits per heavy atom. The molecule has 1 aliphatic heterocycles. The van der Waals surface area contributed by atoms with Crippen molar-refractivity contribution < 1.29 is 14.4 Å². The molecular formula is C27H30N3O3+. The van der Waals surface area contributed by atoms with Gasteiger partial charge in [-0.25, -0.2) is 9.78 Å². The fourth-order valence-corrected chi connectivity index (χ4v) is 6.83. The lowest BCUT2D eigenvalue weighted by molar-refractivity contribution is -0.928. The highest BCUT2D eigenvalue weighted by atomic mass is 16.4. The van der Waals surface area contributed by atoms with Crippen LogP contribution in [0, 0.1) is 10.8 Å². The van der Waals surface area contributed by atoms with Crippen LogP contribution in [-0.2, 0) is 6.54 Å². The van der Waals surface area contributed by atoms with Crippen LogP contribution in [0.5, 0.6) is 5.75 Å². The van der Waals surface area contributed by atoms with E-state index < -0.39 is 5.63 Å². The molecule has 3 atom stereocenters. The van der Waals surface area contributed by atoms with E-state index in [1.54, 1.807) is 6.07 Å². The van der Waals surface area contributed by atoms with Gasteiger partial charge in [-0.3, -0.25) is 0 Å². The summed E-state index contributed by atoms with van der Waals surface area (Å²) in [6, 6.07) is 13.6. The van der Waals surface area contributed by atoms with Crippen molar-refractivity contribution in [2.75, 3.05) is 6.54 Å². The molecule has 1 saturated carbocycles. The Kier molecular flexibility index (Phi) is 4.31. The number of quaternary nitrogens is 1. The maximum absolute atomic E-state index is 13.0. The monoisotopic (exact) mass is 444 g/mol.